The Bertz CT molecular complexity index is 813. The first-order chi connectivity index (χ1) is 13.7. The molecule has 28 heavy (non-hydrogen) atoms. The van der Waals surface area contributed by atoms with Crippen molar-refractivity contribution in [1.29, 1.82) is 0 Å². The molecule has 4 rings (SSSR count). The molecule has 2 aromatic rings. The van der Waals surface area contributed by atoms with Crippen molar-refractivity contribution in [3.8, 4) is 5.69 Å². The molecule has 1 saturated heterocycles. The molecule has 7 heteroatoms. The number of amides is 1. The third kappa shape index (κ3) is 4.25. The third-order valence-corrected chi connectivity index (χ3v) is 5.51. The summed E-state index contributed by atoms with van der Waals surface area (Å²) in [6.07, 6.45) is 4.82. The Kier molecular flexibility index (Phi) is 6.02. The highest BCUT2D eigenvalue weighted by Crippen LogP contribution is 2.27. The van der Waals surface area contributed by atoms with Crippen molar-refractivity contribution in [1.82, 2.24) is 20.0 Å². The predicted molar refractivity (Wildman–Crippen MR) is 104 cm³/mol. The SMILES string of the molecule is O=C(NCCCN1CCOCC1)c1nn(-c2ccc(F)cc2)c2c1CCCC2. The second-order valence-corrected chi connectivity index (χ2v) is 7.43. The number of carbonyl (C=O) groups is 1. The second-order valence-electron chi connectivity index (χ2n) is 7.43. The zero-order valence-corrected chi connectivity index (χ0v) is 16.1. The molecule has 0 spiro atoms. The summed E-state index contributed by atoms with van der Waals surface area (Å²) in [5.74, 6) is -0.385. The predicted octanol–water partition coefficient (Wildman–Crippen LogP) is 2.34. The van der Waals surface area contributed by atoms with E-state index in [4.69, 9.17) is 4.74 Å². The normalized spacial score (nSPS) is 17.3. The van der Waals surface area contributed by atoms with E-state index < -0.39 is 0 Å². The Balaban J connectivity index is 1.43. The first kappa shape index (κ1) is 19.1. The standard InChI is InChI=1S/C21H27FN4O2/c22-16-6-8-17(9-7-16)26-19-5-2-1-4-18(19)20(24-26)21(27)23-10-3-11-25-12-14-28-15-13-25/h6-9H,1-5,10-15H2,(H,23,27). The van der Waals surface area contributed by atoms with Crippen LogP contribution in [-0.2, 0) is 17.6 Å². The van der Waals surface area contributed by atoms with Gasteiger partial charge in [-0.25, -0.2) is 9.07 Å². The van der Waals surface area contributed by atoms with E-state index in [1.807, 2.05) is 4.68 Å². The quantitative estimate of drug-likeness (QED) is 0.775. The van der Waals surface area contributed by atoms with E-state index in [1.165, 1.54) is 12.1 Å². The van der Waals surface area contributed by atoms with Crippen LogP contribution in [0.25, 0.3) is 5.69 Å². The van der Waals surface area contributed by atoms with Gasteiger partial charge in [-0.3, -0.25) is 9.69 Å². The van der Waals surface area contributed by atoms with E-state index in [9.17, 15) is 9.18 Å². The maximum Gasteiger partial charge on any atom is 0.272 e. The number of benzene rings is 1. The van der Waals surface area contributed by atoms with Gasteiger partial charge in [0, 0.05) is 30.9 Å². The molecule has 6 nitrogen and oxygen atoms in total. The van der Waals surface area contributed by atoms with Gasteiger partial charge in [0.2, 0.25) is 0 Å². The van der Waals surface area contributed by atoms with Gasteiger partial charge in [0.25, 0.3) is 5.91 Å². The number of halogens is 1. The summed E-state index contributed by atoms with van der Waals surface area (Å²) in [6.45, 7) is 5.10. The molecule has 0 saturated carbocycles. The van der Waals surface area contributed by atoms with Crippen molar-refractivity contribution in [2.75, 3.05) is 39.4 Å². The number of fused-ring (bicyclic) bond motifs is 1. The lowest BCUT2D eigenvalue weighted by atomic mass is 9.95. The van der Waals surface area contributed by atoms with E-state index in [-0.39, 0.29) is 11.7 Å². The van der Waals surface area contributed by atoms with Gasteiger partial charge in [-0.1, -0.05) is 0 Å². The van der Waals surface area contributed by atoms with Crippen LogP contribution >= 0.6 is 0 Å². The highest BCUT2D eigenvalue weighted by atomic mass is 19.1. The third-order valence-electron chi connectivity index (χ3n) is 5.51. The Labute approximate surface area is 164 Å². The Morgan fingerprint density at radius 1 is 1.14 bits per heavy atom. The molecule has 0 radical (unpaired) electrons. The van der Waals surface area contributed by atoms with Crippen LogP contribution in [-0.4, -0.2) is 60.0 Å². The van der Waals surface area contributed by atoms with Gasteiger partial charge in [-0.15, -0.1) is 0 Å². The van der Waals surface area contributed by atoms with Crippen LogP contribution < -0.4 is 5.32 Å². The van der Waals surface area contributed by atoms with E-state index in [1.54, 1.807) is 12.1 Å². The molecule has 0 bridgehead atoms. The van der Waals surface area contributed by atoms with Crippen molar-refractivity contribution < 1.29 is 13.9 Å². The first-order valence-electron chi connectivity index (χ1n) is 10.2. The average Bonchev–Trinajstić information content (AvgIpc) is 3.12. The van der Waals surface area contributed by atoms with E-state index in [2.05, 4.69) is 15.3 Å². The van der Waals surface area contributed by atoms with Gasteiger partial charge in [0.15, 0.2) is 5.69 Å². The number of rotatable bonds is 6. The second kappa shape index (κ2) is 8.84. The van der Waals surface area contributed by atoms with E-state index >= 15 is 0 Å². The lowest BCUT2D eigenvalue weighted by molar-refractivity contribution is 0.0374. The van der Waals surface area contributed by atoms with Gasteiger partial charge in [0.1, 0.15) is 5.82 Å². The zero-order valence-electron chi connectivity index (χ0n) is 16.1. The molecule has 1 amide bonds. The number of carbonyl (C=O) groups excluding carboxylic acids is 1. The summed E-state index contributed by atoms with van der Waals surface area (Å²) >= 11 is 0. The number of ether oxygens (including phenoxy) is 1. The van der Waals surface area contributed by atoms with Crippen molar-refractivity contribution in [2.45, 2.75) is 32.1 Å². The molecule has 1 aromatic carbocycles. The number of morpholine rings is 1. The van der Waals surface area contributed by atoms with Crippen LogP contribution in [0.2, 0.25) is 0 Å². The van der Waals surface area contributed by atoms with Crippen molar-refractivity contribution in [3.63, 3.8) is 0 Å². The molecule has 1 aromatic heterocycles. The highest BCUT2D eigenvalue weighted by molar-refractivity contribution is 5.94. The van der Waals surface area contributed by atoms with Gasteiger partial charge < -0.3 is 10.1 Å². The lowest BCUT2D eigenvalue weighted by Gasteiger charge is -2.26. The maximum atomic E-state index is 13.3. The number of aromatic nitrogens is 2. The molecular weight excluding hydrogens is 359 g/mol. The first-order valence-corrected chi connectivity index (χ1v) is 10.2. The van der Waals surface area contributed by atoms with E-state index in [0.29, 0.717) is 12.2 Å². The fourth-order valence-electron chi connectivity index (χ4n) is 3.99. The fraction of sp³-hybridized carbons (Fsp3) is 0.524. The minimum Gasteiger partial charge on any atom is -0.379 e. The average molecular weight is 386 g/mol. The number of nitrogens with one attached hydrogen (secondary N) is 1. The Morgan fingerprint density at radius 2 is 1.89 bits per heavy atom. The summed E-state index contributed by atoms with van der Waals surface area (Å²) < 4.78 is 20.5. The van der Waals surface area contributed by atoms with Crippen LogP contribution in [0.1, 0.15) is 41.0 Å². The molecule has 2 aliphatic rings. The minimum atomic E-state index is -0.275. The molecule has 0 atom stereocenters. The molecule has 1 aliphatic carbocycles. The molecule has 1 fully saturated rings. The van der Waals surface area contributed by atoms with Crippen molar-refractivity contribution in [2.24, 2.45) is 0 Å². The molecule has 1 aliphatic heterocycles. The monoisotopic (exact) mass is 386 g/mol. The van der Waals surface area contributed by atoms with Gasteiger partial charge >= 0.3 is 0 Å². The fourth-order valence-corrected chi connectivity index (χ4v) is 3.99. The van der Waals surface area contributed by atoms with Crippen LogP contribution in [0.15, 0.2) is 24.3 Å². The largest absolute Gasteiger partial charge is 0.379 e. The topological polar surface area (TPSA) is 59.4 Å². The summed E-state index contributed by atoms with van der Waals surface area (Å²) in [7, 11) is 0. The van der Waals surface area contributed by atoms with Crippen LogP contribution in [0.3, 0.4) is 0 Å². The zero-order chi connectivity index (χ0) is 19.3. The van der Waals surface area contributed by atoms with Gasteiger partial charge in [-0.05, 0) is 62.9 Å². The summed E-state index contributed by atoms with van der Waals surface area (Å²) in [5, 5.41) is 7.65. The molecular formula is C21H27FN4O2. The van der Waals surface area contributed by atoms with Crippen LogP contribution in [0, 0.1) is 5.82 Å². The van der Waals surface area contributed by atoms with Crippen LogP contribution in [0.4, 0.5) is 4.39 Å². The summed E-state index contributed by atoms with van der Waals surface area (Å²) in [5.41, 5.74) is 3.44. The summed E-state index contributed by atoms with van der Waals surface area (Å²) in [4.78, 5) is 15.1. The Hall–Kier alpha value is -2.25. The van der Waals surface area contributed by atoms with Gasteiger partial charge in [-0.2, -0.15) is 5.10 Å². The van der Waals surface area contributed by atoms with Gasteiger partial charge in [0.05, 0.1) is 18.9 Å². The van der Waals surface area contributed by atoms with E-state index in [0.717, 1.165) is 81.9 Å². The number of hydrogen-bond acceptors (Lipinski definition) is 4. The smallest absolute Gasteiger partial charge is 0.272 e. The lowest BCUT2D eigenvalue weighted by Crippen LogP contribution is -2.38. The molecule has 150 valence electrons. The van der Waals surface area contributed by atoms with Crippen molar-refractivity contribution >= 4 is 5.91 Å². The molecule has 0 unspecified atom stereocenters. The molecule has 2 heterocycles. The van der Waals surface area contributed by atoms with Crippen molar-refractivity contribution in [3.05, 3.63) is 47.0 Å². The number of nitrogens with zero attached hydrogens (tertiary/aromatic N) is 3. The summed E-state index contributed by atoms with van der Waals surface area (Å²) in [6, 6.07) is 6.28. The highest BCUT2D eigenvalue weighted by Gasteiger charge is 2.25. The minimum absolute atomic E-state index is 0.110. The molecule has 1 N–H and O–H groups in total. The maximum absolute atomic E-state index is 13.3. The van der Waals surface area contributed by atoms with Crippen LogP contribution in [0.5, 0.6) is 0 Å². The number of hydrogen-bond donors (Lipinski definition) is 1. The Morgan fingerprint density at radius 3 is 2.68 bits per heavy atom.